The normalized spacial score (nSPS) is 21.7. The number of primary amides is 1. The lowest BCUT2D eigenvalue weighted by molar-refractivity contribution is -0.137. The molecular formula is C17H23ClN4O2. The van der Waals surface area contributed by atoms with Gasteiger partial charge in [-0.2, -0.15) is 0 Å². The van der Waals surface area contributed by atoms with Crippen molar-refractivity contribution in [3.05, 3.63) is 29.3 Å². The Bertz CT molecular complexity index is 616. The number of nitrogens with zero attached hydrogens (tertiary/aromatic N) is 3. The molecule has 2 N–H and O–H groups in total. The number of urea groups is 1. The second-order valence-electron chi connectivity index (χ2n) is 6.42. The van der Waals surface area contributed by atoms with Gasteiger partial charge < -0.3 is 20.4 Å². The highest BCUT2D eigenvalue weighted by Gasteiger charge is 2.32. The third kappa shape index (κ3) is 3.75. The average molecular weight is 351 g/mol. The molecule has 0 spiro atoms. The van der Waals surface area contributed by atoms with Gasteiger partial charge in [-0.1, -0.05) is 17.7 Å². The molecule has 0 aromatic heterocycles. The minimum Gasteiger partial charge on any atom is -0.368 e. The number of carbonyl (C=O) groups is 2. The molecule has 2 saturated heterocycles. The van der Waals surface area contributed by atoms with Gasteiger partial charge in [-0.3, -0.25) is 4.79 Å². The lowest BCUT2D eigenvalue weighted by Gasteiger charge is -2.39. The van der Waals surface area contributed by atoms with E-state index >= 15 is 0 Å². The molecule has 0 saturated carbocycles. The minimum atomic E-state index is -0.432. The number of nitrogens with two attached hydrogens (primary N) is 1. The molecule has 2 fully saturated rings. The van der Waals surface area contributed by atoms with Gasteiger partial charge in [-0.25, -0.2) is 4.79 Å². The van der Waals surface area contributed by atoms with E-state index in [1.165, 1.54) is 0 Å². The Morgan fingerprint density at radius 1 is 1.08 bits per heavy atom. The summed E-state index contributed by atoms with van der Waals surface area (Å²) in [6, 6.07) is 7.35. The maximum absolute atomic E-state index is 12.7. The van der Waals surface area contributed by atoms with Gasteiger partial charge >= 0.3 is 6.03 Å². The number of halogens is 1. The topological polar surface area (TPSA) is 69.9 Å². The van der Waals surface area contributed by atoms with Crippen LogP contribution in [0.3, 0.4) is 0 Å². The highest BCUT2D eigenvalue weighted by molar-refractivity contribution is 6.30. The molecule has 0 radical (unpaired) electrons. The number of carbonyl (C=O) groups excluding carboxylic acids is 2. The smallest absolute Gasteiger partial charge is 0.314 e. The molecule has 0 aliphatic carbocycles. The van der Waals surface area contributed by atoms with Gasteiger partial charge in [0.15, 0.2) is 0 Å². The zero-order valence-electron chi connectivity index (χ0n) is 13.7. The van der Waals surface area contributed by atoms with Crippen LogP contribution in [0.1, 0.15) is 12.8 Å². The predicted molar refractivity (Wildman–Crippen MR) is 94.1 cm³/mol. The van der Waals surface area contributed by atoms with Crippen LogP contribution in [0.5, 0.6) is 0 Å². The monoisotopic (exact) mass is 350 g/mol. The number of hydrogen-bond donors (Lipinski definition) is 1. The number of anilines is 1. The summed E-state index contributed by atoms with van der Waals surface area (Å²) in [7, 11) is 0. The Labute approximate surface area is 147 Å². The summed E-state index contributed by atoms with van der Waals surface area (Å²) >= 11 is 6.05. The van der Waals surface area contributed by atoms with Crippen molar-refractivity contribution < 1.29 is 9.59 Å². The summed E-state index contributed by atoms with van der Waals surface area (Å²) in [5.74, 6) is 0.0238. The van der Waals surface area contributed by atoms with Gasteiger partial charge in [0.05, 0.1) is 5.92 Å². The van der Waals surface area contributed by atoms with Crippen LogP contribution in [0.4, 0.5) is 10.5 Å². The number of likely N-dealkylation sites (tertiary alicyclic amines) is 1. The first-order chi connectivity index (χ1) is 11.5. The van der Waals surface area contributed by atoms with E-state index in [2.05, 4.69) is 4.90 Å². The molecule has 3 amide bonds. The predicted octanol–water partition coefficient (Wildman–Crippen LogP) is 1.78. The summed E-state index contributed by atoms with van der Waals surface area (Å²) in [6.07, 6.45) is 1.67. The number of rotatable bonds is 2. The third-order valence-electron chi connectivity index (χ3n) is 4.85. The molecule has 2 aliphatic rings. The molecule has 0 unspecified atom stereocenters. The van der Waals surface area contributed by atoms with E-state index in [4.69, 9.17) is 17.3 Å². The lowest BCUT2D eigenvalue weighted by atomic mass is 9.96. The quantitative estimate of drug-likeness (QED) is 0.883. The van der Waals surface area contributed by atoms with E-state index in [0.29, 0.717) is 26.2 Å². The number of amides is 3. The molecule has 2 aliphatic heterocycles. The maximum Gasteiger partial charge on any atom is 0.314 e. The fourth-order valence-electron chi connectivity index (χ4n) is 3.49. The van der Waals surface area contributed by atoms with Crippen molar-refractivity contribution in [2.45, 2.75) is 12.8 Å². The van der Waals surface area contributed by atoms with E-state index in [-0.39, 0.29) is 11.8 Å². The Hall–Kier alpha value is -1.95. The highest BCUT2D eigenvalue weighted by atomic mass is 35.5. The molecule has 0 bridgehead atoms. The molecule has 7 heteroatoms. The molecule has 24 heavy (non-hydrogen) atoms. The molecule has 1 atom stereocenters. The van der Waals surface area contributed by atoms with E-state index < -0.39 is 6.03 Å². The van der Waals surface area contributed by atoms with Crippen LogP contribution >= 0.6 is 11.6 Å². The highest BCUT2D eigenvalue weighted by Crippen LogP contribution is 2.23. The van der Waals surface area contributed by atoms with Crippen LogP contribution in [0.15, 0.2) is 24.3 Å². The molecule has 1 aromatic carbocycles. The van der Waals surface area contributed by atoms with E-state index in [0.717, 1.165) is 36.6 Å². The van der Waals surface area contributed by atoms with Crippen molar-refractivity contribution in [3.63, 3.8) is 0 Å². The largest absolute Gasteiger partial charge is 0.368 e. The van der Waals surface area contributed by atoms with Crippen LogP contribution in [0.2, 0.25) is 5.02 Å². The summed E-state index contributed by atoms with van der Waals surface area (Å²) in [5.41, 5.74) is 6.44. The van der Waals surface area contributed by atoms with Crippen molar-refractivity contribution in [1.82, 2.24) is 9.80 Å². The Morgan fingerprint density at radius 3 is 2.50 bits per heavy atom. The van der Waals surface area contributed by atoms with Crippen LogP contribution < -0.4 is 10.6 Å². The van der Waals surface area contributed by atoms with Gasteiger partial charge in [-0.15, -0.1) is 0 Å². The van der Waals surface area contributed by atoms with Gasteiger partial charge in [0, 0.05) is 50.0 Å². The van der Waals surface area contributed by atoms with Crippen molar-refractivity contribution in [1.29, 1.82) is 0 Å². The molecular weight excluding hydrogens is 328 g/mol. The van der Waals surface area contributed by atoms with Gasteiger partial charge in [0.2, 0.25) is 5.91 Å². The number of piperidine rings is 1. The van der Waals surface area contributed by atoms with Crippen molar-refractivity contribution >= 4 is 29.2 Å². The second kappa shape index (κ2) is 7.30. The first-order valence-electron chi connectivity index (χ1n) is 8.38. The summed E-state index contributed by atoms with van der Waals surface area (Å²) in [4.78, 5) is 29.8. The zero-order valence-corrected chi connectivity index (χ0v) is 14.4. The van der Waals surface area contributed by atoms with Crippen LogP contribution in [-0.2, 0) is 4.79 Å². The fourth-order valence-corrected chi connectivity index (χ4v) is 3.68. The fraction of sp³-hybridized carbons (Fsp3) is 0.529. The Balaban J connectivity index is 1.56. The van der Waals surface area contributed by atoms with Crippen molar-refractivity contribution in [3.8, 4) is 0 Å². The minimum absolute atomic E-state index is 0.121. The molecule has 3 rings (SSSR count). The molecule has 6 nitrogen and oxygen atoms in total. The Kier molecular flexibility index (Phi) is 5.14. The first-order valence-corrected chi connectivity index (χ1v) is 8.76. The molecule has 130 valence electrons. The zero-order chi connectivity index (χ0) is 17.1. The number of hydrogen-bond acceptors (Lipinski definition) is 3. The van der Waals surface area contributed by atoms with Crippen LogP contribution in [-0.4, -0.2) is 61.0 Å². The van der Waals surface area contributed by atoms with Crippen molar-refractivity contribution in [2.24, 2.45) is 11.7 Å². The summed E-state index contributed by atoms with van der Waals surface area (Å²) < 4.78 is 0. The summed E-state index contributed by atoms with van der Waals surface area (Å²) in [6.45, 7) is 4.07. The summed E-state index contributed by atoms with van der Waals surface area (Å²) in [5, 5.41) is 0.722. The Morgan fingerprint density at radius 2 is 1.83 bits per heavy atom. The third-order valence-corrected chi connectivity index (χ3v) is 5.08. The maximum atomic E-state index is 12.7. The van der Waals surface area contributed by atoms with Crippen LogP contribution in [0.25, 0.3) is 0 Å². The number of piperazine rings is 1. The lowest BCUT2D eigenvalue weighted by Crippen LogP contribution is -2.53. The number of benzene rings is 1. The van der Waals surface area contributed by atoms with Crippen LogP contribution in [0, 0.1) is 5.92 Å². The SMILES string of the molecule is NC(=O)N1CCC[C@@H](C(=O)N2CCN(c3cccc(Cl)c3)CC2)C1. The first kappa shape index (κ1) is 16.9. The van der Waals surface area contributed by atoms with Crippen molar-refractivity contribution in [2.75, 3.05) is 44.2 Å². The average Bonchev–Trinajstić information content (AvgIpc) is 2.61. The van der Waals surface area contributed by atoms with Gasteiger partial charge in [0.25, 0.3) is 0 Å². The molecule has 1 aromatic rings. The standard InChI is InChI=1S/C17H23ClN4O2/c18-14-4-1-5-15(11-14)20-7-9-21(10-8-20)16(23)13-3-2-6-22(12-13)17(19)24/h1,4-5,11,13H,2-3,6-10,12H2,(H2,19,24)/t13-/m1/s1. The van der Waals surface area contributed by atoms with E-state index in [1.807, 2.05) is 29.2 Å². The van der Waals surface area contributed by atoms with Gasteiger partial charge in [-0.05, 0) is 31.0 Å². The van der Waals surface area contributed by atoms with E-state index in [1.54, 1.807) is 4.90 Å². The van der Waals surface area contributed by atoms with E-state index in [9.17, 15) is 9.59 Å². The van der Waals surface area contributed by atoms with Gasteiger partial charge in [0.1, 0.15) is 0 Å². The second-order valence-corrected chi connectivity index (χ2v) is 6.85. The molecule has 2 heterocycles.